The molecule has 1 heterocycles. The van der Waals surface area contributed by atoms with Crippen LogP contribution in [0.4, 0.5) is 10.8 Å². The molecule has 0 aliphatic heterocycles. The van der Waals surface area contributed by atoms with Crippen molar-refractivity contribution in [3.63, 3.8) is 0 Å². The van der Waals surface area contributed by atoms with Gasteiger partial charge in [0, 0.05) is 43.8 Å². The van der Waals surface area contributed by atoms with Crippen molar-refractivity contribution >= 4 is 34.1 Å². The van der Waals surface area contributed by atoms with E-state index in [9.17, 15) is 9.59 Å². The average Bonchev–Trinajstić information content (AvgIpc) is 3.60. The van der Waals surface area contributed by atoms with Crippen molar-refractivity contribution in [3.8, 4) is 11.3 Å². The van der Waals surface area contributed by atoms with Crippen molar-refractivity contribution in [3.05, 3.63) is 100 Å². The number of rotatable bonds is 14. The van der Waals surface area contributed by atoms with Crippen LogP contribution < -0.4 is 21.3 Å². The number of unbranched alkanes of at least 4 members (excludes halogenated alkanes) is 1. The van der Waals surface area contributed by atoms with Gasteiger partial charge in [0.25, 0.3) is 0 Å². The number of nitrogens with two attached hydrogens (primary N) is 2. The SMILES string of the molecule is CN(Cc1ccc(C2CCCCC2)cc1)c1ccc(-c2csc(N(C)Cc3ccc(C(=O)O)cc3)n2)cc1.NCCCC[C@H](N)C(=O)O. The molecular weight excluding hydrogens is 623 g/mol. The molecule has 6 N–H and O–H groups in total. The van der Waals surface area contributed by atoms with E-state index in [1.807, 2.05) is 19.2 Å². The maximum absolute atomic E-state index is 11.1. The number of hydrogen-bond acceptors (Lipinski definition) is 8. The highest BCUT2D eigenvalue weighted by molar-refractivity contribution is 7.14. The van der Waals surface area contributed by atoms with Crippen LogP contribution in [0.3, 0.4) is 0 Å². The summed E-state index contributed by atoms with van der Waals surface area (Å²) in [6.45, 7) is 2.15. The molecule has 4 aromatic rings. The highest BCUT2D eigenvalue weighted by Crippen LogP contribution is 2.33. The molecule has 3 aromatic carbocycles. The molecule has 1 aliphatic carbocycles. The van der Waals surface area contributed by atoms with Crippen LogP contribution >= 0.6 is 11.3 Å². The molecule has 48 heavy (non-hydrogen) atoms. The predicted molar refractivity (Wildman–Crippen MR) is 196 cm³/mol. The van der Waals surface area contributed by atoms with Gasteiger partial charge in [0.15, 0.2) is 5.13 Å². The lowest BCUT2D eigenvalue weighted by atomic mass is 9.84. The van der Waals surface area contributed by atoms with Gasteiger partial charge in [0.05, 0.1) is 11.3 Å². The summed E-state index contributed by atoms with van der Waals surface area (Å²) in [6, 6.07) is 24.2. The Morgan fingerprint density at radius 1 is 0.854 bits per heavy atom. The molecule has 5 rings (SSSR count). The van der Waals surface area contributed by atoms with Gasteiger partial charge in [-0.1, -0.05) is 74.2 Å². The number of aromatic nitrogens is 1. The van der Waals surface area contributed by atoms with E-state index < -0.39 is 18.0 Å². The first-order valence-corrected chi connectivity index (χ1v) is 17.6. The fourth-order valence-electron chi connectivity index (χ4n) is 5.88. The van der Waals surface area contributed by atoms with E-state index in [-0.39, 0.29) is 0 Å². The first kappa shape index (κ1) is 36.6. The van der Waals surface area contributed by atoms with Crippen LogP contribution in [0.25, 0.3) is 11.3 Å². The monoisotopic (exact) mass is 671 g/mol. The fraction of sp³-hybridized carbons (Fsp3) is 0.395. The number of hydrogen-bond donors (Lipinski definition) is 4. The number of aromatic carboxylic acids is 1. The fourth-order valence-corrected chi connectivity index (χ4v) is 6.68. The number of nitrogens with zero attached hydrogens (tertiary/aromatic N) is 3. The quantitative estimate of drug-likeness (QED) is 0.101. The molecule has 9 nitrogen and oxygen atoms in total. The maximum atomic E-state index is 11.1. The van der Waals surface area contributed by atoms with Crippen LogP contribution in [0.2, 0.25) is 0 Å². The molecule has 0 unspecified atom stereocenters. The molecule has 1 atom stereocenters. The second-order valence-corrected chi connectivity index (χ2v) is 13.4. The number of anilines is 2. The van der Waals surface area contributed by atoms with Crippen LogP contribution in [0.1, 0.15) is 84.3 Å². The average molecular weight is 672 g/mol. The van der Waals surface area contributed by atoms with Gasteiger partial charge in [0.2, 0.25) is 0 Å². The van der Waals surface area contributed by atoms with Crippen molar-refractivity contribution in [2.75, 3.05) is 30.4 Å². The number of carboxylic acids is 2. The van der Waals surface area contributed by atoms with E-state index in [0.717, 1.165) is 47.3 Å². The highest BCUT2D eigenvalue weighted by Gasteiger charge is 2.16. The lowest BCUT2D eigenvalue weighted by molar-refractivity contribution is -0.138. The molecule has 1 fully saturated rings. The molecule has 0 bridgehead atoms. The third-order valence-corrected chi connectivity index (χ3v) is 9.76. The summed E-state index contributed by atoms with van der Waals surface area (Å²) in [6.07, 6.45) is 8.97. The number of carboxylic acid groups (broad SMARTS) is 2. The van der Waals surface area contributed by atoms with E-state index in [1.54, 1.807) is 23.5 Å². The number of thiazole rings is 1. The van der Waals surface area contributed by atoms with Crippen molar-refractivity contribution < 1.29 is 19.8 Å². The molecule has 0 amide bonds. The Bertz CT molecular complexity index is 1570. The largest absolute Gasteiger partial charge is 0.480 e. The van der Waals surface area contributed by atoms with Crippen LogP contribution in [0, 0.1) is 0 Å². The van der Waals surface area contributed by atoms with Gasteiger partial charge in [0.1, 0.15) is 6.04 Å². The third-order valence-electron chi connectivity index (χ3n) is 8.81. The van der Waals surface area contributed by atoms with Crippen molar-refractivity contribution in [1.82, 2.24) is 4.98 Å². The van der Waals surface area contributed by atoms with Gasteiger partial charge in [-0.2, -0.15) is 0 Å². The lowest BCUT2D eigenvalue weighted by Crippen LogP contribution is -2.29. The molecule has 256 valence electrons. The summed E-state index contributed by atoms with van der Waals surface area (Å²) in [5, 5.41) is 20.4. The van der Waals surface area contributed by atoms with Crippen molar-refractivity contribution in [2.45, 2.75) is 76.4 Å². The minimum atomic E-state index is -0.933. The normalized spacial score (nSPS) is 13.7. The zero-order valence-corrected chi connectivity index (χ0v) is 28.9. The molecule has 1 saturated carbocycles. The Hall–Kier alpha value is -4.25. The maximum Gasteiger partial charge on any atom is 0.335 e. The van der Waals surface area contributed by atoms with Crippen LogP contribution in [0.15, 0.2) is 78.2 Å². The number of carbonyl (C=O) groups is 2. The van der Waals surface area contributed by atoms with Crippen LogP contribution in [0.5, 0.6) is 0 Å². The first-order valence-electron chi connectivity index (χ1n) is 16.7. The lowest BCUT2D eigenvalue weighted by Gasteiger charge is -2.23. The molecular formula is C38H49N5O4S. The Balaban J connectivity index is 0.000000453. The van der Waals surface area contributed by atoms with E-state index in [1.165, 1.54) is 48.9 Å². The minimum Gasteiger partial charge on any atom is -0.480 e. The van der Waals surface area contributed by atoms with Gasteiger partial charge in [-0.15, -0.1) is 11.3 Å². The summed E-state index contributed by atoms with van der Waals surface area (Å²) in [4.78, 5) is 30.4. The molecule has 1 aromatic heterocycles. The zero-order valence-electron chi connectivity index (χ0n) is 28.1. The molecule has 10 heteroatoms. The smallest absolute Gasteiger partial charge is 0.335 e. The predicted octanol–water partition coefficient (Wildman–Crippen LogP) is 7.36. The summed E-state index contributed by atoms with van der Waals surface area (Å²) in [5.74, 6) is -1.09. The molecule has 0 saturated heterocycles. The molecule has 0 radical (unpaired) electrons. The van der Waals surface area contributed by atoms with Crippen LogP contribution in [-0.4, -0.2) is 53.8 Å². The van der Waals surface area contributed by atoms with Gasteiger partial charge in [-0.05, 0) is 79.1 Å². The van der Waals surface area contributed by atoms with Crippen molar-refractivity contribution in [1.29, 1.82) is 0 Å². The van der Waals surface area contributed by atoms with Gasteiger partial charge in [-0.25, -0.2) is 9.78 Å². The molecule has 1 aliphatic rings. The summed E-state index contributed by atoms with van der Waals surface area (Å²) in [7, 11) is 4.15. The van der Waals surface area contributed by atoms with E-state index >= 15 is 0 Å². The van der Waals surface area contributed by atoms with Gasteiger partial charge in [-0.3, -0.25) is 4.79 Å². The van der Waals surface area contributed by atoms with Crippen LogP contribution in [-0.2, 0) is 17.9 Å². The summed E-state index contributed by atoms with van der Waals surface area (Å²) >= 11 is 1.61. The molecule has 0 spiro atoms. The van der Waals surface area contributed by atoms with Crippen molar-refractivity contribution in [2.24, 2.45) is 11.5 Å². The second-order valence-electron chi connectivity index (χ2n) is 12.6. The topological polar surface area (TPSA) is 146 Å². The standard InChI is InChI=1S/C32H35N3O2S.C6H14N2O2/c1-34(20-23-8-12-26(13-9-23)25-6-4-3-5-7-25)29-18-16-27(17-19-29)30-22-38-32(33-30)35(2)21-24-10-14-28(15-11-24)31(36)37;7-4-2-1-3-5(8)6(9)10/h8-19,22,25H,3-7,20-21H2,1-2H3,(H,36,37);5H,1-4,7-8H2,(H,9,10)/t;5-/m.0/s1. The van der Waals surface area contributed by atoms with Gasteiger partial charge >= 0.3 is 11.9 Å². The number of benzene rings is 3. The number of aliphatic carboxylic acids is 1. The third kappa shape index (κ3) is 10.9. The Morgan fingerprint density at radius 3 is 2.04 bits per heavy atom. The Labute approximate surface area is 288 Å². The zero-order chi connectivity index (χ0) is 34.5. The minimum absolute atomic E-state index is 0.301. The Morgan fingerprint density at radius 2 is 1.46 bits per heavy atom. The second kappa shape index (κ2) is 18.3. The highest BCUT2D eigenvalue weighted by atomic mass is 32.1. The van der Waals surface area contributed by atoms with E-state index in [4.69, 9.17) is 26.7 Å². The Kier molecular flexibility index (Phi) is 14.0. The summed E-state index contributed by atoms with van der Waals surface area (Å²) in [5.41, 5.74) is 17.8. The summed E-state index contributed by atoms with van der Waals surface area (Å²) < 4.78 is 0. The van der Waals surface area contributed by atoms with E-state index in [0.29, 0.717) is 25.1 Å². The first-order chi connectivity index (χ1) is 23.1. The van der Waals surface area contributed by atoms with E-state index in [2.05, 4.69) is 70.8 Å². The van der Waals surface area contributed by atoms with Gasteiger partial charge < -0.3 is 31.5 Å².